The molecule has 0 spiro atoms. The van der Waals surface area contributed by atoms with Crippen LogP contribution in [0.4, 0.5) is 10.3 Å². The number of H-pyrrole nitrogens is 1. The first-order valence-corrected chi connectivity index (χ1v) is 27.1. The van der Waals surface area contributed by atoms with Gasteiger partial charge in [0.2, 0.25) is 18.4 Å². The molecule has 0 aliphatic carbocycles. The minimum Gasteiger partial charge on any atom is -0.497 e. The van der Waals surface area contributed by atoms with E-state index in [-0.39, 0.29) is 50.0 Å². The predicted octanol–water partition coefficient (Wildman–Crippen LogP) is 7.48. The highest BCUT2D eigenvalue weighted by atomic mass is 32.7. The van der Waals surface area contributed by atoms with Gasteiger partial charge in [0.05, 0.1) is 40.0 Å². The lowest BCUT2D eigenvalue weighted by Gasteiger charge is -2.36. The van der Waals surface area contributed by atoms with Gasteiger partial charge in [-0.3, -0.25) is 24.5 Å². The molecular formula is C46H48FN10O11P2S2+. The van der Waals surface area contributed by atoms with Crippen LogP contribution in [-0.4, -0.2) is 104 Å². The van der Waals surface area contributed by atoms with Crippen molar-refractivity contribution in [2.24, 2.45) is 5.92 Å². The van der Waals surface area contributed by atoms with Gasteiger partial charge in [-0.15, -0.1) is 4.52 Å². The Balaban J connectivity index is 1.05. The highest BCUT2D eigenvalue weighted by molar-refractivity contribution is 8.39. The molecular weight excluding hydrogens is 1010 g/mol. The number of amides is 1. The maximum atomic E-state index is 16.5. The molecule has 1 aliphatic rings. The van der Waals surface area contributed by atoms with Gasteiger partial charge in [0, 0.05) is 12.5 Å². The lowest BCUT2D eigenvalue weighted by molar-refractivity contribution is -0.118. The van der Waals surface area contributed by atoms with E-state index in [0.29, 0.717) is 28.5 Å². The van der Waals surface area contributed by atoms with Gasteiger partial charge in [0.25, 0.3) is 5.56 Å². The van der Waals surface area contributed by atoms with Crippen LogP contribution in [-0.2, 0) is 67.5 Å². The number of hydrogen-bond acceptors (Lipinski definition) is 17. The monoisotopic (exact) mass is 1060 g/mol. The first-order chi connectivity index (χ1) is 34.8. The molecule has 21 nitrogen and oxygen atoms in total. The Hall–Kier alpha value is -6.09. The van der Waals surface area contributed by atoms with Gasteiger partial charge in [-0.1, -0.05) is 68.4 Å². The Labute approximate surface area is 422 Å². The molecule has 8 rings (SSSR count). The number of carbonyl (C=O) groups is 1. The van der Waals surface area contributed by atoms with Crippen molar-refractivity contribution < 1.29 is 50.8 Å². The van der Waals surface area contributed by atoms with Gasteiger partial charge in [-0.25, -0.2) is 30.9 Å². The summed E-state index contributed by atoms with van der Waals surface area (Å²) >= 11 is 9.70. The second kappa shape index (κ2) is 23.2. The summed E-state index contributed by atoms with van der Waals surface area (Å²) in [6.45, 7) is 5.90. The third kappa shape index (κ3) is 11.4. The molecule has 0 saturated carbocycles. The van der Waals surface area contributed by atoms with Crippen molar-refractivity contribution in [3.05, 3.63) is 142 Å². The number of halogens is 1. The minimum absolute atomic E-state index is 0.0569. The molecule has 2 N–H and O–H groups in total. The van der Waals surface area contributed by atoms with E-state index in [4.69, 9.17) is 60.4 Å². The first kappa shape index (κ1) is 52.2. The molecule has 0 radical (unpaired) electrons. The van der Waals surface area contributed by atoms with Crippen molar-refractivity contribution in [3.63, 3.8) is 0 Å². The summed E-state index contributed by atoms with van der Waals surface area (Å²) in [4.78, 5) is 53.3. The number of thiol groups is 1. The highest BCUT2D eigenvalue weighted by Crippen LogP contribution is 2.51. The smallest absolute Gasteiger partial charge is 0.497 e. The topological polar surface area (TPSA) is 232 Å². The zero-order valence-electron chi connectivity index (χ0n) is 39.1. The molecule has 1 saturated heterocycles. The zero-order valence-corrected chi connectivity index (χ0v) is 42.6. The van der Waals surface area contributed by atoms with Crippen LogP contribution in [0, 0.1) is 12.5 Å². The SMILES string of the molecule is [C-]#[N+]CCOP(=S)(OCCn1c(COC(c2ccccc2)(c2ccc(OC)cc2)c2ccc(OC)cc2)nc2cncnc21)OC[C@H]1O[C@@H](n2cnc3c(=O)[nH]c(NC(=O)C(C)C)nc32)[C@H](O[P+](=O)S)[C@@H]1F. The van der Waals surface area contributed by atoms with E-state index in [1.165, 1.54) is 17.2 Å². The second-order valence-electron chi connectivity index (χ2n) is 16.2. The third-order valence-corrected chi connectivity index (χ3v) is 14.6. The van der Waals surface area contributed by atoms with E-state index >= 15 is 4.39 Å². The second-order valence-corrected chi connectivity index (χ2v) is 20.9. The molecule has 1 amide bonds. The summed E-state index contributed by atoms with van der Waals surface area (Å²) in [5.74, 6) is 0.726. The normalized spacial score (nSPS) is 18.0. The fourth-order valence-electron chi connectivity index (χ4n) is 7.94. The van der Waals surface area contributed by atoms with E-state index in [2.05, 4.69) is 47.3 Å². The van der Waals surface area contributed by atoms with Gasteiger partial charge in [-0.05, 0) is 57.3 Å². The van der Waals surface area contributed by atoms with Crippen molar-refractivity contribution in [1.82, 2.24) is 39.0 Å². The summed E-state index contributed by atoms with van der Waals surface area (Å²) in [6.07, 6.45) is -2.32. The highest BCUT2D eigenvalue weighted by Gasteiger charge is 2.52. The fraction of sp³-hybridized carbons (Fsp3) is 0.348. The number of fused-ring (bicyclic) bond motifs is 2. The van der Waals surface area contributed by atoms with Crippen molar-refractivity contribution >= 4 is 72.2 Å². The van der Waals surface area contributed by atoms with Crippen molar-refractivity contribution in [2.75, 3.05) is 45.9 Å². The van der Waals surface area contributed by atoms with E-state index in [0.717, 1.165) is 16.7 Å². The Morgan fingerprint density at radius 3 is 2.29 bits per heavy atom. The van der Waals surface area contributed by atoms with E-state index < -0.39 is 68.1 Å². The van der Waals surface area contributed by atoms with Crippen LogP contribution in [0.2, 0.25) is 0 Å². The van der Waals surface area contributed by atoms with E-state index in [9.17, 15) is 14.2 Å². The predicted molar refractivity (Wildman–Crippen MR) is 268 cm³/mol. The fourth-order valence-corrected chi connectivity index (χ4v) is 10.5. The molecule has 4 aromatic heterocycles. The van der Waals surface area contributed by atoms with Crippen LogP contribution >= 0.6 is 26.2 Å². The quantitative estimate of drug-likeness (QED) is 0.0185. The third-order valence-electron chi connectivity index (χ3n) is 11.4. The van der Waals surface area contributed by atoms with Crippen LogP contribution in [0.3, 0.4) is 0 Å². The molecule has 376 valence electrons. The summed E-state index contributed by atoms with van der Waals surface area (Å²) in [5, 5.41) is 2.52. The average molecular weight is 1060 g/mol. The maximum Gasteiger partial charge on any atom is 0.582 e. The molecule has 0 bridgehead atoms. The molecule has 2 unspecified atom stereocenters. The minimum atomic E-state index is -3.80. The van der Waals surface area contributed by atoms with Gasteiger partial charge < -0.3 is 41.9 Å². The number of hydrogen-bond donors (Lipinski definition) is 3. The van der Waals surface area contributed by atoms with Crippen molar-refractivity contribution in [2.45, 2.75) is 57.2 Å². The number of rotatable bonds is 23. The standard InChI is InChI=1S/C46H47FN10O11P2S2/c1-28(2)42(58)54-45-53-41-38(43(59)55-45)51-27-57(41)44-39(68-69(60)71)37(47)35(67-44)24-66-70(72,64-21-19-48-3)65-22-20-56-36(52-34-23-49-26-50-40(34)56)25-63-46(29-9-7-6-8-10-29,30-11-15-32(61-4)16-12-30)31-13-17-33(62-5)18-14-31/h6-18,23,26-28,35,37,39,44H,19-22,24-25H2,1-2,4-5H3,(H2-,53,54,55,58,59,60,71)/p+1/t35-,37-,39-,44-,70?/m1/s1. The molecule has 6 atom stereocenters. The van der Waals surface area contributed by atoms with Crippen LogP contribution in [0.15, 0.2) is 103 Å². The Morgan fingerprint density at radius 1 is 0.986 bits per heavy atom. The number of alkyl halides is 1. The van der Waals surface area contributed by atoms with Crippen LogP contribution in [0.25, 0.3) is 27.2 Å². The number of nitrogens with zero attached hydrogens (tertiary/aromatic N) is 8. The number of imidazole rings is 2. The van der Waals surface area contributed by atoms with Crippen LogP contribution in [0.5, 0.6) is 11.5 Å². The molecule has 7 aromatic rings. The molecule has 1 aliphatic heterocycles. The first-order valence-electron chi connectivity index (χ1n) is 22.2. The number of ether oxygens (including phenoxy) is 4. The Kier molecular flexibility index (Phi) is 16.8. The summed E-state index contributed by atoms with van der Waals surface area (Å²) in [6, 6.07) is 25.0. The maximum absolute atomic E-state index is 16.5. The number of methoxy groups -OCH3 is 2. The van der Waals surface area contributed by atoms with Crippen LogP contribution in [0.1, 0.15) is 42.6 Å². The summed E-state index contributed by atoms with van der Waals surface area (Å²) < 4.78 is 79.8. The molecule has 72 heavy (non-hydrogen) atoms. The lowest BCUT2D eigenvalue weighted by atomic mass is 9.80. The average Bonchev–Trinajstić information content (AvgIpc) is 4.06. The summed E-state index contributed by atoms with van der Waals surface area (Å²) in [5.41, 5.74) is 1.24. The van der Waals surface area contributed by atoms with E-state index in [1.54, 1.807) is 38.8 Å². The van der Waals surface area contributed by atoms with E-state index in [1.807, 2.05) is 78.9 Å². The number of nitrogens with one attached hydrogen (secondary N) is 2. The van der Waals surface area contributed by atoms with Crippen molar-refractivity contribution in [3.8, 4) is 11.5 Å². The largest absolute Gasteiger partial charge is 0.582 e. The number of carbonyl (C=O) groups excluding carboxylic acids is 1. The lowest BCUT2D eigenvalue weighted by Crippen LogP contribution is -2.33. The Morgan fingerprint density at radius 2 is 1.65 bits per heavy atom. The van der Waals surface area contributed by atoms with Crippen molar-refractivity contribution in [1.29, 1.82) is 0 Å². The zero-order chi connectivity index (χ0) is 51.0. The van der Waals surface area contributed by atoms with Gasteiger partial charge >= 0.3 is 13.9 Å². The molecule has 3 aromatic carbocycles. The molecule has 1 fully saturated rings. The van der Waals surface area contributed by atoms with Gasteiger partial charge in [0.15, 0.2) is 35.3 Å². The van der Waals surface area contributed by atoms with Gasteiger partial charge in [0.1, 0.15) is 66.3 Å². The Bertz CT molecular complexity index is 3130. The number of benzene rings is 3. The molecule has 5 heterocycles. The van der Waals surface area contributed by atoms with Crippen LogP contribution < -0.4 is 20.3 Å². The number of aromatic amines is 1. The van der Waals surface area contributed by atoms with Gasteiger partial charge in [-0.2, -0.15) is 4.98 Å². The number of aromatic nitrogens is 8. The summed E-state index contributed by atoms with van der Waals surface area (Å²) in [7, 11) is 0.511. The molecule has 26 heteroatoms. The number of anilines is 1.